The molecule has 8 heteroatoms. The SMILES string of the molecule is Cc1nn(C)c2n[nH]c(NC(=O)[C@@H]3CCC(=O)N(C)[C@H]3c3ccccc3)c12. The van der Waals surface area contributed by atoms with E-state index in [4.69, 9.17) is 0 Å². The summed E-state index contributed by atoms with van der Waals surface area (Å²) in [4.78, 5) is 27.1. The zero-order chi connectivity index (χ0) is 19.1. The van der Waals surface area contributed by atoms with Crippen molar-refractivity contribution in [2.24, 2.45) is 13.0 Å². The van der Waals surface area contributed by atoms with Gasteiger partial charge in [0.25, 0.3) is 0 Å². The van der Waals surface area contributed by atoms with E-state index in [9.17, 15) is 9.59 Å². The molecule has 0 aliphatic carbocycles. The van der Waals surface area contributed by atoms with E-state index in [-0.39, 0.29) is 23.8 Å². The molecule has 2 atom stereocenters. The fourth-order valence-electron chi connectivity index (χ4n) is 3.96. The van der Waals surface area contributed by atoms with Crippen LogP contribution in [0.5, 0.6) is 0 Å². The largest absolute Gasteiger partial charge is 0.338 e. The van der Waals surface area contributed by atoms with E-state index < -0.39 is 0 Å². The Bertz CT molecular complexity index is 1010. The van der Waals surface area contributed by atoms with Gasteiger partial charge >= 0.3 is 0 Å². The van der Waals surface area contributed by atoms with Crippen LogP contribution in [0.25, 0.3) is 11.0 Å². The topological polar surface area (TPSA) is 95.9 Å². The van der Waals surface area contributed by atoms with E-state index in [0.717, 1.165) is 16.6 Å². The zero-order valence-electron chi connectivity index (χ0n) is 15.6. The smallest absolute Gasteiger partial charge is 0.231 e. The molecule has 3 heterocycles. The summed E-state index contributed by atoms with van der Waals surface area (Å²) in [5, 5.41) is 15.3. The number of hydrogen-bond acceptors (Lipinski definition) is 4. The molecular weight excluding hydrogens is 344 g/mol. The number of benzene rings is 1. The first-order valence-corrected chi connectivity index (χ1v) is 8.96. The molecule has 2 N–H and O–H groups in total. The number of H-pyrrole nitrogens is 1. The molecule has 1 aliphatic heterocycles. The van der Waals surface area contributed by atoms with E-state index in [2.05, 4.69) is 20.6 Å². The molecule has 2 aromatic heterocycles. The molecule has 0 saturated carbocycles. The van der Waals surface area contributed by atoms with Crippen LogP contribution in [0, 0.1) is 12.8 Å². The number of carbonyl (C=O) groups excluding carboxylic acids is 2. The molecule has 0 unspecified atom stereocenters. The molecule has 0 radical (unpaired) electrons. The Morgan fingerprint density at radius 2 is 2.00 bits per heavy atom. The van der Waals surface area contributed by atoms with Gasteiger partial charge in [0.05, 0.1) is 23.0 Å². The zero-order valence-corrected chi connectivity index (χ0v) is 15.6. The Kier molecular flexibility index (Phi) is 4.18. The quantitative estimate of drug-likeness (QED) is 0.742. The van der Waals surface area contributed by atoms with E-state index in [1.807, 2.05) is 44.3 Å². The number of rotatable bonds is 3. The van der Waals surface area contributed by atoms with Gasteiger partial charge in [-0.25, -0.2) is 4.68 Å². The van der Waals surface area contributed by atoms with Crippen LogP contribution in [0.4, 0.5) is 5.82 Å². The van der Waals surface area contributed by atoms with E-state index in [1.165, 1.54) is 0 Å². The van der Waals surface area contributed by atoms with Crippen LogP contribution >= 0.6 is 0 Å². The van der Waals surface area contributed by atoms with Gasteiger partial charge < -0.3 is 10.2 Å². The minimum Gasteiger partial charge on any atom is -0.338 e. The van der Waals surface area contributed by atoms with Crippen LogP contribution in [-0.2, 0) is 16.6 Å². The molecule has 0 spiro atoms. The number of nitrogens with one attached hydrogen (secondary N) is 2. The first-order chi connectivity index (χ1) is 13.0. The number of aromatic amines is 1. The van der Waals surface area contributed by atoms with Crippen molar-refractivity contribution >= 4 is 28.7 Å². The average Bonchev–Trinajstić information content (AvgIpc) is 3.20. The van der Waals surface area contributed by atoms with Gasteiger partial charge in [-0.05, 0) is 18.9 Å². The van der Waals surface area contributed by atoms with Gasteiger partial charge in [0.2, 0.25) is 11.8 Å². The number of anilines is 1. The highest BCUT2D eigenvalue weighted by atomic mass is 16.2. The molecule has 140 valence electrons. The normalized spacial score (nSPS) is 20.3. The summed E-state index contributed by atoms with van der Waals surface area (Å²) in [6.07, 6.45) is 0.875. The first kappa shape index (κ1) is 17.3. The highest BCUT2D eigenvalue weighted by Crippen LogP contribution is 2.36. The predicted octanol–water partition coefficient (Wildman–Crippen LogP) is 2.15. The lowest BCUT2D eigenvalue weighted by atomic mass is 9.84. The van der Waals surface area contributed by atoms with Crippen LogP contribution in [0.3, 0.4) is 0 Å². The number of aromatic nitrogens is 4. The monoisotopic (exact) mass is 366 g/mol. The summed E-state index contributed by atoms with van der Waals surface area (Å²) in [6, 6.07) is 9.40. The van der Waals surface area contributed by atoms with E-state index in [0.29, 0.717) is 24.3 Å². The molecule has 1 aromatic carbocycles. The number of fused-ring (bicyclic) bond motifs is 1. The van der Waals surface area contributed by atoms with Crippen molar-refractivity contribution < 1.29 is 9.59 Å². The third-order valence-electron chi connectivity index (χ3n) is 5.30. The summed E-state index contributed by atoms with van der Waals surface area (Å²) < 4.78 is 1.68. The van der Waals surface area contributed by atoms with E-state index in [1.54, 1.807) is 16.6 Å². The molecule has 1 fully saturated rings. The third kappa shape index (κ3) is 2.87. The number of hydrogen-bond donors (Lipinski definition) is 2. The molecule has 0 bridgehead atoms. The van der Waals surface area contributed by atoms with Crippen molar-refractivity contribution in [3.8, 4) is 0 Å². The lowest BCUT2D eigenvalue weighted by molar-refractivity contribution is -0.140. The Hall–Kier alpha value is -3.16. The second-order valence-electron chi connectivity index (χ2n) is 7.00. The summed E-state index contributed by atoms with van der Waals surface area (Å²) in [5.74, 6) is 0.134. The number of piperidine rings is 1. The van der Waals surface area contributed by atoms with Crippen LogP contribution < -0.4 is 5.32 Å². The molecular formula is C19H22N6O2. The Labute approximate surface area is 156 Å². The summed E-state index contributed by atoms with van der Waals surface area (Å²) >= 11 is 0. The predicted molar refractivity (Wildman–Crippen MR) is 101 cm³/mol. The van der Waals surface area contributed by atoms with Crippen molar-refractivity contribution in [1.82, 2.24) is 24.9 Å². The number of aryl methyl sites for hydroxylation is 2. The fourth-order valence-corrected chi connectivity index (χ4v) is 3.96. The van der Waals surface area contributed by atoms with Gasteiger partial charge in [-0.3, -0.25) is 14.7 Å². The minimum absolute atomic E-state index is 0.0555. The van der Waals surface area contributed by atoms with Crippen molar-refractivity contribution in [1.29, 1.82) is 0 Å². The van der Waals surface area contributed by atoms with Gasteiger partial charge in [-0.1, -0.05) is 30.3 Å². The second kappa shape index (κ2) is 6.53. The van der Waals surface area contributed by atoms with Crippen LogP contribution in [0.1, 0.15) is 30.1 Å². The first-order valence-electron chi connectivity index (χ1n) is 8.96. The number of amides is 2. The van der Waals surface area contributed by atoms with Gasteiger partial charge in [0, 0.05) is 20.5 Å². The molecule has 1 aliphatic rings. The third-order valence-corrected chi connectivity index (χ3v) is 5.30. The number of nitrogens with zero attached hydrogens (tertiary/aromatic N) is 4. The molecule has 4 rings (SSSR count). The standard InChI is InChI=1S/C19H22N6O2/c1-11-15-17(21-22-18(15)25(3)23-11)20-19(27)13-9-10-14(26)24(2)16(13)12-7-5-4-6-8-12/h4-8,13,16H,9-10H2,1-3H3,(H2,20,21,22,27)/t13-,16+/m1/s1. The van der Waals surface area contributed by atoms with Gasteiger partial charge in [0.15, 0.2) is 5.65 Å². The second-order valence-corrected chi connectivity index (χ2v) is 7.00. The minimum atomic E-state index is -0.342. The van der Waals surface area contributed by atoms with E-state index >= 15 is 0 Å². The highest BCUT2D eigenvalue weighted by Gasteiger charge is 2.39. The fraction of sp³-hybridized carbons (Fsp3) is 0.368. The van der Waals surface area contributed by atoms with Crippen LogP contribution in [0.15, 0.2) is 30.3 Å². The summed E-state index contributed by atoms with van der Waals surface area (Å²) in [5.41, 5.74) is 2.45. The Morgan fingerprint density at radius 1 is 1.26 bits per heavy atom. The average molecular weight is 366 g/mol. The van der Waals surface area contributed by atoms with Crippen LogP contribution in [-0.4, -0.2) is 43.7 Å². The maximum absolute atomic E-state index is 13.1. The summed E-state index contributed by atoms with van der Waals surface area (Å²) in [6.45, 7) is 1.88. The number of likely N-dealkylation sites (tertiary alicyclic amines) is 1. The number of carbonyl (C=O) groups is 2. The lowest BCUT2D eigenvalue weighted by Gasteiger charge is -2.38. The Balaban J connectivity index is 1.65. The van der Waals surface area contributed by atoms with Crippen molar-refractivity contribution in [2.45, 2.75) is 25.8 Å². The van der Waals surface area contributed by atoms with Gasteiger partial charge in [-0.15, -0.1) is 0 Å². The van der Waals surface area contributed by atoms with Gasteiger partial charge in [0.1, 0.15) is 5.82 Å². The van der Waals surface area contributed by atoms with Crippen molar-refractivity contribution in [2.75, 3.05) is 12.4 Å². The van der Waals surface area contributed by atoms with Crippen molar-refractivity contribution in [3.05, 3.63) is 41.6 Å². The molecule has 27 heavy (non-hydrogen) atoms. The maximum atomic E-state index is 13.1. The van der Waals surface area contributed by atoms with Gasteiger partial charge in [-0.2, -0.15) is 10.2 Å². The molecule has 1 saturated heterocycles. The Morgan fingerprint density at radius 3 is 2.74 bits per heavy atom. The summed E-state index contributed by atoms with van der Waals surface area (Å²) in [7, 11) is 3.58. The lowest BCUT2D eigenvalue weighted by Crippen LogP contribution is -2.44. The van der Waals surface area contributed by atoms with Crippen LogP contribution in [0.2, 0.25) is 0 Å². The highest BCUT2D eigenvalue weighted by molar-refractivity contribution is 6.01. The molecule has 3 aromatic rings. The molecule has 2 amide bonds. The molecule has 8 nitrogen and oxygen atoms in total. The van der Waals surface area contributed by atoms with Crippen molar-refractivity contribution in [3.63, 3.8) is 0 Å². The maximum Gasteiger partial charge on any atom is 0.231 e.